The number of benzene rings is 1. The number of halogens is 1. The van der Waals surface area contributed by atoms with Gasteiger partial charge in [0.05, 0.1) is 12.2 Å². The van der Waals surface area contributed by atoms with Gasteiger partial charge in [0.15, 0.2) is 11.6 Å². The summed E-state index contributed by atoms with van der Waals surface area (Å²) in [6.07, 6.45) is 0.701. The molecule has 0 radical (unpaired) electrons. The number of hydrogen-bond donors (Lipinski definition) is 0. The summed E-state index contributed by atoms with van der Waals surface area (Å²) in [5.41, 5.74) is 1.57. The van der Waals surface area contributed by atoms with Gasteiger partial charge in [-0.15, -0.1) is 0 Å². The first-order valence-corrected chi connectivity index (χ1v) is 4.89. The Morgan fingerprint density at radius 1 is 1.50 bits per heavy atom. The first-order valence-electron chi connectivity index (χ1n) is 4.89. The molecule has 0 saturated carbocycles. The van der Waals surface area contributed by atoms with Gasteiger partial charge < -0.3 is 9.64 Å². The number of ether oxygens (including phenoxy) is 1. The van der Waals surface area contributed by atoms with E-state index in [-0.39, 0.29) is 5.82 Å². The average molecular weight is 195 g/mol. The smallest absolute Gasteiger partial charge is 0.178 e. The highest BCUT2D eigenvalue weighted by molar-refractivity contribution is 5.61. The van der Waals surface area contributed by atoms with Gasteiger partial charge in [0.25, 0.3) is 0 Å². The van der Waals surface area contributed by atoms with Gasteiger partial charge in [-0.1, -0.05) is 13.0 Å². The van der Waals surface area contributed by atoms with E-state index in [4.69, 9.17) is 4.74 Å². The largest absolute Gasteiger partial charge is 0.486 e. The van der Waals surface area contributed by atoms with Crippen molar-refractivity contribution in [3.05, 3.63) is 23.5 Å². The number of rotatable bonds is 1. The minimum Gasteiger partial charge on any atom is -0.486 e. The first kappa shape index (κ1) is 9.31. The third-order valence-electron chi connectivity index (χ3n) is 2.62. The summed E-state index contributed by atoms with van der Waals surface area (Å²) >= 11 is 0. The van der Waals surface area contributed by atoms with Crippen molar-refractivity contribution in [3.63, 3.8) is 0 Å². The quantitative estimate of drug-likeness (QED) is 0.681. The molecule has 0 amide bonds. The van der Waals surface area contributed by atoms with E-state index in [1.165, 1.54) is 0 Å². The van der Waals surface area contributed by atoms with Crippen LogP contribution in [0.4, 0.5) is 10.1 Å². The Balaban J connectivity index is 2.52. The van der Waals surface area contributed by atoms with Crippen LogP contribution in [-0.4, -0.2) is 20.2 Å². The molecule has 3 heteroatoms. The van der Waals surface area contributed by atoms with Crippen LogP contribution >= 0.6 is 0 Å². The van der Waals surface area contributed by atoms with Crippen LogP contribution in [-0.2, 0) is 6.42 Å². The van der Waals surface area contributed by atoms with Crippen LogP contribution in [0.3, 0.4) is 0 Å². The highest BCUT2D eigenvalue weighted by Gasteiger charge is 2.20. The predicted octanol–water partition coefficient (Wildman–Crippen LogP) is 2.22. The van der Waals surface area contributed by atoms with Gasteiger partial charge in [0, 0.05) is 7.05 Å². The van der Waals surface area contributed by atoms with Crippen LogP contribution in [0.15, 0.2) is 12.1 Å². The lowest BCUT2D eigenvalue weighted by Gasteiger charge is -2.28. The molecule has 0 fully saturated rings. The normalized spacial score (nSPS) is 14.9. The van der Waals surface area contributed by atoms with E-state index >= 15 is 0 Å². The Bertz CT molecular complexity index is 351. The molecule has 76 valence electrons. The Hall–Kier alpha value is -1.25. The van der Waals surface area contributed by atoms with Crippen LogP contribution in [0, 0.1) is 5.82 Å². The molecule has 0 N–H and O–H groups in total. The van der Waals surface area contributed by atoms with Gasteiger partial charge in [-0.2, -0.15) is 0 Å². The fourth-order valence-corrected chi connectivity index (χ4v) is 1.70. The second kappa shape index (κ2) is 3.48. The van der Waals surface area contributed by atoms with E-state index in [1.807, 2.05) is 31.0 Å². The van der Waals surface area contributed by atoms with Crippen molar-refractivity contribution in [2.75, 3.05) is 25.1 Å². The molecule has 0 saturated heterocycles. The molecular formula is C11H14FNO. The summed E-state index contributed by atoms with van der Waals surface area (Å²) in [7, 11) is 1.95. The van der Waals surface area contributed by atoms with Gasteiger partial charge in [0.2, 0.25) is 0 Å². The molecule has 1 aromatic carbocycles. The molecule has 1 heterocycles. The fraction of sp³-hybridized carbons (Fsp3) is 0.455. The second-order valence-electron chi connectivity index (χ2n) is 3.51. The maximum atomic E-state index is 13.8. The van der Waals surface area contributed by atoms with Gasteiger partial charge in [-0.3, -0.25) is 0 Å². The molecule has 1 aromatic rings. The van der Waals surface area contributed by atoms with Crippen LogP contribution in [0.25, 0.3) is 0 Å². The van der Waals surface area contributed by atoms with Crippen LogP contribution < -0.4 is 9.64 Å². The zero-order valence-electron chi connectivity index (χ0n) is 8.51. The molecule has 1 aliphatic heterocycles. The number of nitrogens with zero attached hydrogens (tertiary/aromatic N) is 1. The maximum Gasteiger partial charge on any atom is 0.178 e. The van der Waals surface area contributed by atoms with Crippen molar-refractivity contribution in [2.45, 2.75) is 13.3 Å². The van der Waals surface area contributed by atoms with E-state index in [2.05, 4.69) is 0 Å². The zero-order valence-corrected chi connectivity index (χ0v) is 8.51. The van der Waals surface area contributed by atoms with E-state index in [0.29, 0.717) is 18.8 Å². The van der Waals surface area contributed by atoms with Crippen molar-refractivity contribution in [3.8, 4) is 5.75 Å². The van der Waals surface area contributed by atoms with Gasteiger partial charge in [-0.25, -0.2) is 4.39 Å². The highest BCUT2D eigenvalue weighted by Crippen LogP contribution is 2.34. The molecule has 0 unspecified atom stereocenters. The van der Waals surface area contributed by atoms with Gasteiger partial charge >= 0.3 is 0 Å². The third-order valence-corrected chi connectivity index (χ3v) is 2.62. The maximum absolute atomic E-state index is 13.8. The zero-order chi connectivity index (χ0) is 10.1. The summed E-state index contributed by atoms with van der Waals surface area (Å²) < 4.78 is 19.1. The topological polar surface area (TPSA) is 12.5 Å². The average Bonchev–Trinajstić information content (AvgIpc) is 2.20. The van der Waals surface area contributed by atoms with E-state index < -0.39 is 0 Å². The van der Waals surface area contributed by atoms with E-state index in [9.17, 15) is 4.39 Å². The number of aryl methyl sites for hydroxylation is 1. The van der Waals surface area contributed by atoms with E-state index in [0.717, 1.165) is 17.8 Å². The number of hydrogen-bond acceptors (Lipinski definition) is 2. The van der Waals surface area contributed by atoms with Crippen molar-refractivity contribution in [1.82, 2.24) is 0 Å². The number of anilines is 1. The monoisotopic (exact) mass is 195 g/mol. The molecule has 2 nitrogen and oxygen atoms in total. The van der Waals surface area contributed by atoms with E-state index in [1.54, 1.807) is 0 Å². The van der Waals surface area contributed by atoms with Crippen molar-refractivity contribution >= 4 is 5.69 Å². The minimum atomic E-state index is -0.198. The molecule has 2 rings (SSSR count). The highest BCUT2D eigenvalue weighted by atomic mass is 19.1. The summed E-state index contributed by atoms with van der Waals surface area (Å²) in [6.45, 7) is 3.32. The fourth-order valence-electron chi connectivity index (χ4n) is 1.70. The Kier molecular flexibility index (Phi) is 2.32. The molecule has 0 bridgehead atoms. The minimum absolute atomic E-state index is 0.198. The molecule has 0 spiro atoms. The third kappa shape index (κ3) is 1.33. The Morgan fingerprint density at radius 3 is 3.00 bits per heavy atom. The van der Waals surface area contributed by atoms with Crippen LogP contribution in [0.1, 0.15) is 12.5 Å². The summed E-state index contributed by atoms with van der Waals surface area (Å²) in [4.78, 5) is 2.02. The molecular weight excluding hydrogens is 181 g/mol. The standard InChI is InChI=1S/C11H14FNO/c1-3-8-4-5-9-11(10(8)12)14-7-6-13(9)2/h4-5H,3,6-7H2,1-2H3. The van der Waals surface area contributed by atoms with Crippen molar-refractivity contribution in [2.24, 2.45) is 0 Å². The number of fused-ring (bicyclic) bond motifs is 1. The van der Waals surface area contributed by atoms with Crippen molar-refractivity contribution < 1.29 is 9.13 Å². The summed E-state index contributed by atoms with van der Waals surface area (Å²) in [5, 5.41) is 0. The summed E-state index contributed by atoms with van der Waals surface area (Å²) in [5.74, 6) is 0.217. The molecule has 0 atom stereocenters. The van der Waals surface area contributed by atoms with Gasteiger partial charge in [0.1, 0.15) is 6.61 Å². The first-order chi connectivity index (χ1) is 6.74. The Labute approximate surface area is 83.3 Å². The predicted molar refractivity (Wildman–Crippen MR) is 54.5 cm³/mol. The molecule has 0 aromatic heterocycles. The lowest BCUT2D eigenvalue weighted by atomic mass is 10.1. The van der Waals surface area contributed by atoms with Crippen LogP contribution in [0.5, 0.6) is 5.75 Å². The second-order valence-corrected chi connectivity index (χ2v) is 3.51. The van der Waals surface area contributed by atoms with Gasteiger partial charge in [-0.05, 0) is 18.1 Å². The van der Waals surface area contributed by atoms with Crippen molar-refractivity contribution in [1.29, 1.82) is 0 Å². The SMILES string of the molecule is CCc1ccc2c(c1F)OCCN2C. The summed E-state index contributed by atoms with van der Waals surface area (Å²) in [6, 6.07) is 3.76. The Morgan fingerprint density at radius 2 is 2.29 bits per heavy atom. The molecule has 0 aliphatic carbocycles. The number of likely N-dealkylation sites (N-methyl/N-ethyl adjacent to an activating group) is 1. The molecule has 1 aliphatic rings. The molecule has 14 heavy (non-hydrogen) atoms. The lowest BCUT2D eigenvalue weighted by molar-refractivity contribution is 0.294. The van der Waals surface area contributed by atoms with Crippen LogP contribution in [0.2, 0.25) is 0 Å². The lowest BCUT2D eigenvalue weighted by Crippen LogP contribution is -2.29.